The summed E-state index contributed by atoms with van der Waals surface area (Å²) < 4.78 is 4.79. The quantitative estimate of drug-likeness (QED) is 0.805. The molecule has 0 saturated carbocycles. The molecular formula is C15H18ClNO3. The molecule has 1 fully saturated rings. The highest BCUT2D eigenvalue weighted by atomic mass is 35.5. The van der Waals surface area contributed by atoms with Gasteiger partial charge in [0.25, 0.3) is 0 Å². The average molecular weight is 296 g/mol. The van der Waals surface area contributed by atoms with Crippen LogP contribution in [0.25, 0.3) is 0 Å². The zero-order valence-corrected chi connectivity index (χ0v) is 12.2. The van der Waals surface area contributed by atoms with E-state index in [2.05, 4.69) is 0 Å². The molecule has 108 valence electrons. The van der Waals surface area contributed by atoms with E-state index in [1.807, 2.05) is 12.1 Å². The third-order valence-electron chi connectivity index (χ3n) is 3.57. The van der Waals surface area contributed by atoms with Gasteiger partial charge < -0.3 is 9.64 Å². The molecule has 0 aliphatic carbocycles. The summed E-state index contributed by atoms with van der Waals surface area (Å²) in [6.07, 6.45) is 2.84. The Hall–Kier alpha value is -1.55. The molecule has 0 N–H and O–H groups in total. The summed E-state index contributed by atoms with van der Waals surface area (Å²) in [5, 5.41) is 0.645. The van der Waals surface area contributed by atoms with E-state index < -0.39 is 6.04 Å². The molecule has 0 aromatic heterocycles. The molecule has 5 heteroatoms. The van der Waals surface area contributed by atoms with Gasteiger partial charge in [0.2, 0.25) is 5.91 Å². The van der Waals surface area contributed by atoms with Crippen molar-refractivity contribution in [2.75, 3.05) is 13.7 Å². The van der Waals surface area contributed by atoms with Crippen molar-refractivity contribution in [3.8, 4) is 0 Å². The second-order valence-electron chi connectivity index (χ2n) is 4.93. The Labute approximate surface area is 123 Å². The second kappa shape index (κ2) is 6.75. The third kappa shape index (κ3) is 3.51. The number of hydrogen-bond donors (Lipinski definition) is 0. The van der Waals surface area contributed by atoms with Gasteiger partial charge in [-0.05, 0) is 37.0 Å². The fraction of sp³-hybridized carbons (Fsp3) is 0.467. The first kappa shape index (κ1) is 14.9. The zero-order chi connectivity index (χ0) is 14.5. The van der Waals surface area contributed by atoms with Crippen LogP contribution in [0.4, 0.5) is 0 Å². The number of esters is 1. The fourth-order valence-corrected chi connectivity index (χ4v) is 2.62. The molecule has 1 aromatic rings. The highest BCUT2D eigenvalue weighted by Gasteiger charge is 2.32. The van der Waals surface area contributed by atoms with Crippen molar-refractivity contribution < 1.29 is 14.3 Å². The predicted octanol–water partition coefficient (Wildman–Crippen LogP) is 2.44. The summed E-state index contributed by atoms with van der Waals surface area (Å²) in [4.78, 5) is 25.8. The van der Waals surface area contributed by atoms with Crippen molar-refractivity contribution in [1.29, 1.82) is 0 Å². The molecule has 1 amide bonds. The van der Waals surface area contributed by atoms with E-state index in [9.17, 15) is 9.59 Å². The maximum Gasteiger partial charge on any atom is 0.328 e. The van der Waals surface area contributed by atoms with Crippen LogP contribution >= 0.6 is 11.6 Å². The summed E-state index contributed by atoms with van der Waals surface area (Å²) in [6, 6.07) is 6.75. The lowest BCUT2D eigenvalue weighted by molar-refractivity contribution is -0.154. The van der Waals surface area contributed by atoms with Crippen LogP contribution in [0.15, 0.2) is 24.3 Å². The molecule has 20 heavy (non-hydrogen) atoms. The number of amides is 1. The minimum absolute atomic E-state index is 0.0394. The number of nitrogens with zero attached hydrogens (tertiary/aromatic N) is 1. The standard InChI is InChI=1S/C15H18ClNO3/c1-20-15(19)13-4-2-3-9-17(13)14(18)10-11-5-7-12(16)8-6-11/h5-8,13H,2-4,9-10H2,1H3. The number of halogens is 1. The molecule has 1 aliphatic rings. The van der Waals surface area contributed by atoms with Gasteiger partial charge in [0.1, 0.15) is 6.04 Å². The molecule has 4 nitrogen and oxygen atoms in total. The topological polar surface area (TPSA) is 46.6 Å². The number of carbonyl (C=O) groups is 2. The van der Waals surface area contributed by atoms with E-state index in [-0.39, 0.29) is 18.3 Å². The van der Waals surface area contributed by atoms with Gasteiger partial charge in [0.05, 0.1) is 13.5 Å². The predicted molar refractivity (Wildman–Crippen MR) is 76.5 cm³/mol. The Morgan fingerprint density at radius 1 is 1.30 bits per heavy atom. The van der Waals surface area contributed by atoms with Crippen LogP contribution in [0.5, 0.6) is 0 Å². The summed E-state index contributed by atoms with van der Waals surface area (Å²) >= 11 is 5.82. The Morgan fingerprint density at radius 2 is 2.00 bits per heavy atom. The Balaban J connectivity index is 2.05. The van der Waals surface area contributed by atoms with Crippen molar-refractivity contribution in [3.63, 3.8) is 0 Å². The van der Waals surface area contributed by atoms with Gasteiger partial charge in [-0.2, -0.15) is 0 Å². The van der Waals surface area contributed by atoms with Gasteiger partial charge in [-0.25, -0.2) is 4.79 Å². The summed E-state index contributed by atoms with van der Waals surface area (Å²) in [6.45, 7) is 0.617. The number of ether oxygens (including phenoxy) is 1. The van der Waals surface area contributed by atoms with Crippen LogP contribution < -0.4 is 0 Å². The normalized spacial score (nSPS) is 18.7. The van der Waals surface area contributed by atoms with Crippen LogP contribution in [0.3, 0.4) is 0 Å². The van der Waals surface area contributed by atoms with E-state index in [0.29, 0.717) is 18.0 Å². The largest absolute Gasteiger partial charge is 0.467 e. The molecule has 2 rings (SSSR count). The van der Waals surface area contributed by atoms with Gasteiger partial charge in [0, 0.05) is 11.6 Å². The van der Waals surface area contributed by atoms with Crippen LogP contribution in [0.1, 0.15) is 24.8 Å². The lowest BCUT2D eigenvalue weighted by atomic mass is 10.0. The molecule has 1 saturated heterocycles. The lowest BCUT2D eigenvalue weighted by Crippen LogP contribution is -2.49. The van der Waals surface area contributed by atoms with Crippen molar-refractivity contribution in [1.82, 2.24) is 4.90 Å². The van der Waals surface area contributed by atoms with E-state index in [1.54, 1.807) is 17.0 Å². The Bertz CT molecular complexity index is 486. The highest BCUT2D eigenvalue weighted by molar-refractivity contribution is 6.30. The molecule has 1 heterocycles. The number of carbonyl (C=O) groups excluding carboxylic acids is 2. The molecule has 1 atom stereocenters. The van der Waals surface area contributed by atoms with Gasteiger partial charge in [-0.1, -0.05) is 23.7 Å². The molecule has 0 bridgehead atoms. The number of hydrogen-bond acceptors (Lipinski definition) is 3. The summed E-state index contributed by atoms with van der Waals surface area (Å²) in [7, 11) is 1.36. The first-order valence-electron chi connectivity index (χ1n) is 6.73. The lowest BCUT2D eigenvalue weighted by Gasteiger charge is -2.33. The average Bonchev–Trinajstić information content (AvgIpc) is 2.48. The van der Waals surface area contributed by atoms with E-state index in [1.165, 1.54) is 7.11 Å². The second-order valence-corrected chi connectivity index (χ2v) is 5.36. The van der Waals surface area contributed by atoms with Crippen LogP contribution in [-0.4, -0.2) is 36.5 Å². The Kier molecular flexibility index (Phi) is 5.01. The number of benzene rings is 1. The van der Waals surface area contributed by atoms with Crippen molar-refractivity contribution >= 4 is 23.5 Å². The number of methoxy groups -OCH3 is 1. The number of likely N-dealkylation sites (tertiary alicyclic amines) is 1. The molecular weight excluding hydrogens is 278 g/mol. The van der Waals surface area contributed by atoms with Crippen LogP contribution in [0, 0.1) is 0 Å². The van der Waals surface area contributed by atoms with Gasteiger partial charge in [0.15, 0.2) is 0 Å². The van der Waals surface area contributed by atoms with Gasteiger partial charge in [-0.15, -0.1) is 0 Å². The summed E-state index contributed by atoms with van der Waals surface area (Å²) in [5.41, 5.74) is 0.897. The van der Waals surface area contributed by atoms with E-state index >= 15 is 0 Å². The smallest absolute Gasteiger partial charge is 0.328 e. The maximum absolute atomic E-state index is 12.4. The number of piperidine rings is 1. The van der Waals surface area contributed by atoms with E-state index in [4.69, 9.17) is 16.3 Å². The maximum atomic E-state index is 12.4. The van der Waals surface area contributed by atoms with Gasteiger partial charge in [-0.3, -0.25) is 4.79 Å². The van der Waals surface area contributed by atoms with Crippen molar-refractivity contribution in [2.24, 2.45) is 0 Å². The molecule has 1 aliphatic heterocycles. The van der Waals surface area contributed by atoms with Crippen LogP contribution in [0.2, 0.25) is 5.02 Å². The van der Waals surface area contributed by atoms with Crippen molar-refractivity contribution in [3.05, 3.63) is 34.9 Å². The molecule has 1 aromatic carbocycles. The van der Waals surface area contributed by atoms with Gasteiger partial charge >= 0.3 is 5.97 Å². The zero-order valence-electron chi connectivity index (χ0n) is 11.5. The minimum atomic E-state index is -0.437. The highest BCUT2D eigenvalue weighted by Crippen LogP contribution is 2.20. The fourth-order valence-electron chi connectivity index (χ4n) is 2.49. The minimum Gasteiger partial charge on any atom is -0.467 e. The van der Waals surface area contributed by atoms with Crippen molar-refractivity contribution in [2.45, 2.75) is 31.7 Å². The SMILES string of the molecule is COC(=O)C1CCCCN1C(=O)Cc1ccc(Cl)cc1. The first-order valence-corrected chi connectivity index (χ1v) is 7.11. The number of rotatable bonds is 3. The summed E-state index contributed by atoms with van der Waals surface area (Å²) in [5.74, 6) is -0.364. The molecule has 1 unspecified atom stereocenters. The third-order valence-corrected chi connectivity index (χ3v) is 3.82. The van der Waals surface area contributed by atoms with Crippen LogP contribution in [-0.2, 0) is 20.7 Å². The monoisotopic (exact) mass is 295 g/mol. The van der Waals surface area contributed by atoms with E-state index in [0.717, 1.165) is 18.4 Å². The molecule has 0 spiro atoms. The Morgan fingerprint density at radius 3 is 2.65 bits per heavy atom. The first-order chi connectivity index (χ1) is 9.61. The molecule has 0 radical (unpaired) electrons.